The van der Waals surface area contributed by atoms with E-state index in [1.165, 1.54) is 0 Å². The number of carbonyl (C=O) groups is 1. The molecule has 0 aromatic carbocycles. The Hall–Kier alpha value is -1.63. The summed E-state index contributed by atoms with van der Waals surface area (Å²) in [5.74, 6) is -0.515. The Balaban J connectivity index is 1.98. The predicted octanol–water partition coefficient (Wildman–Crippen LogP) is 2.26. The second-order valence-corrected chi connectivity index (χ2v) is 4.83. The van der Waals surface area contributed by atoms with Crippen LogP contribution >= 0.6 is 11.6 Å². The van der Waals surface area contributed by atoms with Gasteiger partial charge in [0.15, 0.2) is 11.6 Å². The van der Waals surface area contributed by atoms with Gasteiger partial charge in [-0.05, 0) is 37.3 Å². The monoisotopic (exact) mass is 288 g/mol. The molecular formula is C11H14ClFN4O2. The maximum absolute atomic E-state index is 13.5. The quantitative estimate of drug-likeness (QED) is 0.743. The van der Waals surface area contributed by atoms with Gasteiger partial charge in [0.05, 0.1) is 6.20 Å². The minimum Gasteiger partial charge on any atom is -0.465 e. The van der Waals surface area contributed by atoms with Crippen LogP contribution < -0.4 is 10.6 Å². The normalized spacial score (nSPS) is 22.8. The lowest BCUT2D eigenvalue weighted by Gasteiger charge is -2.29. The van der Waals surface area contributed by atoms with Gasteiger partial charge in [-0.1, -0.05) is 0 Å². The number of amides is 1. The Kier molecular flexibility index (Phi) is 4.36. The Morgan fingerprint density at radius 1 is 1.47 bits per heavy atom. The molecule has 1 amide bonds. The number of rotatable bonds is 3. The van der Waals surface area contributed by atoms with E-state index in [0.29, 0.717) is 6.42 Å². The molecule has 0 radical (unpaired) electrons. The first-order chi connectivity index (χ1) is 9.04. The molecule has 1 aromatic rings. The van der Waals surface area contributed by atoms with Crippen LogP contribution in [0, 0.1) is 5.82 Å². The first-order valence-corrected chi connectivity index (χ1v) is 6.36. The summed E-state index contributed by atoms with van der Waals surface area (Å²) in [4.78, 5) is 17.9. The molecule has 8 heteroatoms. The highest BCUT2D eigenvalue weighted by Crippen LogP contribution is 2.23. The number of carboxylic acid groups (broad SMARTS) is 1. The van der Waals surface area contributed by atoms with Crippen LogP contribution in [0.4, 0.5) is 15.0 Å². The van der Waals surface area contributed by atoms with Crippen LogP contribution in [-0.4, -0.2) is 33.3 Å². The van der Waals surface area contributed by atoms with E-state index in [4.69, 9.17) is 16.7 Å². The van der Waals surface area contributed by atoms with Crippen LogP contribution in [0.1, 0.15) is 25.7 Å². The Morgan fingerprint density at radius 2 is 2.21 bits per heavy atom. The third-order valence-corrected chi connectivity index (χ3v) is 3.24. The molecule has 19 heavy (non-hydrogen) atoms. The van der Waals surface area contributed by atoms with E-state index >= 15 is 0 Å². The smallest absolute Gasteiger partial charge is 0.404 e. The molecule has 1 aliphatic rings. The van der Waals surface area contributed by atoms with Gasteiger partial charge in [-0.3, -0.25) is 0 Å². The highest BCUT2D eigenvalue weighted by molar-refractivity contribution is 6.28. The molecule has 1 heterocycles. The molecule has 2 rings (SSSR count). The van der Waals surface area contributed by atoms with Crippen molar-refractivity contribution in [3.63, 3.8) is 0 Å². The van der Waals surface area contributed by atoms with E-state index in [2.05, 4.69) is 20.6 Å². The van der Waals surface area contributed by atoms with E-state index in [1.807, 2.05) is 0 Å². The molecular weight excluding hydrogens is 275 g/mol. The van der Waals surface area contributed by atoms with Crippen molar-refractivity contribution in [2.45, 2.75) is 37.8 Å². The van der Waals surface area contributed by atoms with Crippen LogP contribution in [-0.2, 0) is 0 Å². The van der Waals surface area contributed by atoms with Crippen molar-refractivity contribution >= 4 is 23.5 Å². The highest BCUT2D eigenvalue weighted by atomic mass is 35.5. The molecule has 1 fully saturated rings. The number of halogens is 2. The van der Waals surface area contributed by atoms with Gasteiger partial charge in [0.2, 0.25) is 5.28 Å². The minimum atomic E-state index is -1.04. The van der Waals surface area contributed by atoms with Crippen molar-refractivity contribution in [3.8, 4) is 0 Å². The topological polar surface area (TPSA) is 87.1 Å². The summed E-state index contributed by atoms with van der Waals surface area (Å²) < 4.78 is 13.5. The first kappa shape index (κ1) is 13.8. The Labute approximate surface area is 114 Å². The molecule has 1 saturated carbocycles. The minimum absolute atomic E-state index is 0.0279. The van der Waals surface area contributed by atoms with Gasteiger partial charge >= 0.3 is 6.09 Å². The molecule has 1 aliphatic carbocycles. The van der Waals surface area contributed by atoms with E-state index < -0.39 is 11.9 Å². The first-order valence-electron chi connectivity index (χ1n) is 5.98. The standard InChI is InChI=1S/C11H14ClFN4O2/c12-10-14-5-8(13)9(17-10)15-6-2-1-3-7(4-6)16-11(18)19/h5-7,16H,1-4H2,(H,18,19)(H,14,15,17)/t6-,7+/m0/s1. The van der Waals surface area contributed by atoms with Crippen molar-refractivity contribution in [1.29, 1.82) is 0 Å². The molecule has 0 aliphatic heterocycles. The van der Waals surface area contributed by atoms with E-state index in [0.717, 1.165) is 25.5 Å². The van der Waals surface area contributed by atoms with Gasteiger partial charge in [-0.25, -0.2) is 14.2 Å². The molecule has 6 nitrogen and oxygen atoms in total. The SMILES string of the molecule is O=C(O)N[C@@H]1CCC[C@H](Nc2nc(Cl)ncc2F)C1. The second kappa shape index (κ2) is 6.01. The van der Waals surface area contributed by atoms with Crippen molar-refractivity contribution in [3.05, 3.63) is 17.3 Å². The van der Waals surface area contributed by atoms with Gasteiger partial charge in [0, 0.05) is 12.1 Å². The number of hydrogen-bond acceptors (Lipinski definition) is 4. The van der Waals surface area contributed by atoms with Crippen LogP contribution in [0.3, 0.4) is 0 Å². The lowest BCUT2D eigenvalue weighted by molar-refractivity contribution is 0.185. The summed E-state index contributed by atoms with van der Waals surface area (Å²) in [7, 11) is 0. The molecule has 104 valence electrons. The third kappa shape index (κ3) is 3.92. The van der Waals surface area contributed by atoms with E-state index in [-0.39, 0.29) is 23.2 Å². The zero-order valence-electron chi connectivity index (χ0n) is 10.1. The average Bonchev–Trinajstić information content (AvgIpc) is 2.33. The van der Waals surface area contributed by atoms with Gasteiger partial charge in [0.1, 0.15) is 0 Å². The number of nitrogens with zero attached hydrogens (tertiary/aromatic N) is 2. The van der Waals surface area contributed by atoms with Crippen LogP contribution in [0.2, 0.25) is 5.28 Å². The summed E-state index contributed by atoms with van der Waals surface area (Å²) in [6.45, 7) is 0. The average molecular weight is 289 g/mol. The molecule has 1 aromatic heterocycles. The lowest BCUT2D eigenvalue weighted by Crippen LogP contribution is -2.41. The van der Waals surface area contributed by atoms with E-state index in [9.17, 15) is 9.18 Å². The van der Waals surface area contributed by atoms with Crippen molar-refractivity contribution < 1.29 is 14.3 Å². The van der Waals surface area contributed by atoms with Crippen molar-refractivity contribution in [1.82, 2.24) is 15.3 Å². The number of nitrogens with one attached hydrogen (secondary N) is 2. The fourth-order valence-corrected chi connectivity index (χ4v) is 2.40. The largest absolute Gasteiger partial charge is 0.465 e. The molecule has 0 unspecified atom stereocenters. The molecule has 3 N–H and O–H groups in total. The summed E-state index contributed by atoms with van der Waals surface area (Å²) in [6.07, 6.45) is 3.04. The van der Waals surface area contributed by atoms with Crippen molar-refractivity contribution in [2.24, 2.45) is 0 Å². The summed E-state index contributed by atoms with van der Waals surface area (Å²) >= 11 is 5.61. The van der Waals surface area contributed by atoms with Gasteiger partial charge < -0.3 is 15.7 Å². The van der Waals surface area contributed by atoms with Gasteiger partial charge in [0.25, 0.3) is 0 Å². The molecule has 0 saturated heterocycles. The van der Waals surface area contributed by atoms with Crippen molar-refractivity contribution in [2.75, 3.05) is 5.32 Å². The Morgan fingerprint density at radius 3 is 2.95 bits per heavy atom. The third-order valence-electron chi connectivity index (χ3n) is 3.06. The van der Waals surface area contributed by atoms with Crippen LogP contribution in [0.15, 0.2) is 6.20 Å². The summed E-state index contributed by atoms with van der Waals surface area (Å²) in [5, 5.41) is 14.1. The summed E-state index contributed by atoms with van der Waals surface area (Å²) in [6, 6.07) is -0.157. The van der Waals surface area contributed by atoms with Gasteiger partial charge in [-0.15, -0.1) is 0 Å². The van der Waals surface area contributed by atoms with Crippen LogP contribution in [0.25, 0.3) is 0 Å². The van der Waals surface area contributed by atoms with Gasteiger partial charge in [-0.2, -0.15) is 4.98 Å². The second-order valence-electron chi connectivity index (χ2n) is 4.49. The maximum Gasteiger partial charge on any atom is 0.404 e. The van der Waals surface area contributed by atoms with Crippen LogP contribution in [0.5, 0.6) is 0 Å². The molecule has 2 atom stereocenters. The summed E-state index contributed by atoms with van der Waals surface area (Å²) in [5.41, 5.74) is 0. The zero-order chi connectivity index (χ0) is 13.8. The lowest BCUT2D eigenvalue weighted by atomic mass is 9.91. The number of anilines is 1. The zero-order valence-corrected chi connectivity index (χ0v) is 10.8. The molecule has 0 bridgehead atoms. The Bertz CT molecular complexity index is 474. The fraction of sp³-hybridized carbons (Fsp3) is 0.545. The van der Waals surface area contributed by atoms with E-state index in [1.54, 1.807) is 0 Å². The number of hydrogen-bond donors (Lipinski definition) is 3. The highest BCUT2D eigenvalue weighted by Gasteiger charge is 2.24. The number of aromatic nitrogens is 2. The fourth-order valence-electron chi connectivity index (χ4n) is 2.27. The maximum atomic E-state index is 13.5. The predicted molar refractivity (Wildman–Crippen MR) is 67.8 cm³/mol. The molecule has 0 spiro atoms.